The van der Waals surface area contributed by atoms with Gasteiger partial charge in [0.1, 0.15) is 0 Å². The van der Waals surface area contributed by atoms with Gasteiger partial charge in [0.05, 0.1) is 0 Å². The summed E-state index contributed by atoms with van der Waals surface area (Å²) >= 11 is 0. The van der Waals surface area contributed by atoms with Crippen molar-refractivity contribution in [1.82, 2.24) is 9.97 Å². The van der Waals surface area contributed by atoms with Gasteiger partial charge < -0.3 is 0 Å². The number of nitrogens with zero attached hydrogens (tertiary/aromatic N) is 2. The molecule has 0 saturated heterocycles. The Morgan fingerprint density at radius 3 is 2.20 bits per heavy atom. The van der Waals surface area contributed by atoms with Crippen molar-refractivity contribution in [3.05, 3.63) is 54.4 Å². The molecule has 0 aliphatic heterocycles. The summed E-state index contributed by atoms with van der Waals surface area (Å²) in [5, 5.41) is 0. The Bertz CT molecular complexity index is 455. The van der Waals surface area contributed by atoms with E-state index in [2.05, 4.69) is 35.6 Å². The van der Waals surface area contributed by atoms with Gasteiger partial charge in [-0.3, -0.25) is 0 Å². The molecule has 0 aliphatic rings. The van der Waals surface area contributed by atoms with E-state index in [1.807, 2.05) is 12.1 Å². The van der Waals surface area contributed by atoms with E-state index in [0.717, 1.165) is 17.0 Å². The molecule has 2 aromatic rings. The summed E-state index contributed by atoms with van der Waals surface area (Å²) < 4.78 is 0. The molecule has 0 saturated carbocycles. The molecular weight excluding hydrogens is 184 g/mol. The molecule has 0 fully saturated rings. The van der Waals surface area contributed by atoms with Crippen LogP contribution in [0.15, 0.2) is 43.2 Å². The molecule has 0 spiro atoms. The zero-order chi connectivity index (χ0) is 10.7. The fourth-order valence-corrected chi connectivity index (χ4v) is 1.30. The van der Waals surface area contributed by atoms with Crippen LogP contribution in [0.3, 0.4) is 0 Å². The Morgan fingerprint density at radius 2 is 1.67 bits per heavy atom. The maximum atomic E-state index is 4.27. The molecule has 0 atom stereocenters. The molecular formula is C13H12N2. The second kappa shape index (κ2) is 4.05. The van der Waals surface area contributed by atoms with Crippen LogP contribution in [0.1, 0.15) is 11.1 Å². The van der Waals surface area contributed by atoms with Gasteiger partial charge in [0, 0.05) is 23.5 Å². The summed E-state index contributed by atoms with van der Waals surface area (Å²) in [5.41, 5.74) is 3.21. The molecule has 0 bridgehead atoms. The lowest BCUT2D eigenvalue weighted by Crippen LogP contribution is -1.88. The highest BCUT2D eigenvalue weighted by molar-refractivity contribution is 5.56. The average Bonchev–Trinajstić information content (AvgIpc) is 2.30. The smallest absolute Gasteiger partial charge is 0.159 e. The first kappa shape index (κ1) is 9.59. The first-order chi connectivity index (χ1) is 7.29. The highest BCUT2D eigenvalue weighted by Crippen LogP contribution is 2.14. The third-order valence-electron chi connectivity index (χ3n) is 2.22. The van der Waals surface area contributed by atoms with Crippen molar-refractivity contribution < 1.29 is 0 Å². The second-order valence-corrected chi connectivity index (χ2v) is 3.41. The van der Waals surface area contributed by atoms with Crippen molar-refractivity contribution in [2.45, 2.75) is 6.92 Å². The lowest BCUT2D eigenvalue weighted by atomic mass is 10.1. The molecule has 74 valence electrons. The van der Waals surface area contributed by atoms with Gasteiger partial charge in [-0.25, -0.2) is 9.97 Å². The molecule has 1 aromatic carbocycles. The molecule has 0 amide bonds. The van der Waals surface area contributed by atoms with Crippen LogP contribution in [0.25, 0.3) is 17.5 Å². The maximum Gasteiger partial charge on any atom is 0.159 e. The Hall–Kier alpha value is -1.96. The Balaban J connectivity index is 2.37. The van der Waals surface area contributed by atoms with E-state index in [0.29, 0.717) is 0 Å². The van der Waals surface area contributed by atoms with E-state index >= 15 is 0 Å². The third kappa shape index (κ3) is 2.10. The van der Waals surface area contributed by atoms with E-state index < -0.39 is 0 Å². The molecule has 2 nitrogen and oxygen atoms in total. The average molecular weight is 196 g/mol. The fraction of sp³-hybridized carbons (Fsp3) is 0.0769. The largest absolute Gasteiger partial charge is 0.236 e. The molecule has 2 rings (SSSR count). The zero-order valence-electron chi connectivity index (χ0n) is 8.64. The Morgan fingerprint density at radius 1 is 1.07 bits per heavy atom. The van der Waals surface area contributed by atoms with Crippen molar-refractivity contribution in [1.29, 1.82) is 0 Å². The molecule has 0 aliphatic carbocycles. The van der Waals surface area contributed by atoms with Crippen molar-refractivity contribution >= 4 is 6.08 Å². The SMILES string of the molecule is C=Cc1cnc(-c2ccc(C)cc2)nc1. The van der Waals surface area contributed by atoms with Crippen LogP contribution < -0.4 is 0 Å². The number of benzene rings is 1. The number of hydrogen-bond acceptors (Lipinski definition) is 2. The van der Waals surface area contributed by atoms with Crippen molar-refractivity contribution in [2.24, 2.45) is 0 Å². The first-order valence-electron chi connectivity index (χ1n) is 4.81. The predicted molar refractivity (Wildman–Crippen MR) is 62.3 cm³/mol. The monoisotopic (exact) mass is 196 g/mol. The lowest BCUT2D eigenvalue weighted by molar-refractivity contribution is 1.17. The number of hydrogen-bond donors (Lipinski definition) is 0. The van der Waals surface area contributed by atoms with E-state index in [1.165, 1.54) is 5.56 Å². The van der Waals surface area contributed by atoms with Gasteiger partial charge in [-0.1, -0.05) is 42.5 Å². The third-order valence-corrected chi connectivity index (χ3v) is 2.22. The van der Waals surface area contributed by atoms with E-state index in [1.54, 1.807) is 18.5 Å². The molecule has 0 unspecified atom stereocenters. The van der Waals surface area contributed by atoms with Gasteiger partial charge in [-0.15, -0.1) is 0 Å². The highest BCUT2D eigenvalue weighted by atomic mass is 14.9. The molecule has 1 heterocycles. The minimum absolute atomic E-state index is 0.751. The second-order valence-electron chi connectivity index (χ2n) is 3.41. The highest BCUT2D eigenvalue weighted by Gasteiger charge is 1.99. The van der Waals surface area contributed by atoms with E-state index in [4.69, 9.17) is 0 Å². The summed E-state index contributed by atoms with van der Waals surface area (Å²) in [4.78, 5) is 8.53. The van der Waals surface area contributed by atoms with Crippen molar-refractivity contribution in [3.63, 3.8) is 0 Å². The zero-order valence-corrected chi connectivity index (χ0v) is 8.64. The molecule has 0 radical (unpaired) electrons. The van der Waals surface area contributed by atoms with Crippen LogP contribution in [0, 0.1) is 6.92 Å². The summed E-state index contributed by atoms with van der Waals surface area (Å²) in [6, 6.07) is 8.16. The van der Waals surface area contributed by atoms with Crippen LogP contribution in [0.4, 0.5) is 0 Å². The van der Waals surface area contributed by atoms with Gasteiger partial charge in [-0.2, -0.15) is 0 Å². The number of aryl methyl sites for hydroxylation is 1. The van der Waals surface area contributed by atoms with Gasteiger partial charge in [0.25, 0.3) is 0 Å². The molecule has 2 heteroatoms. The number of rotatable bonds is 2. The van der Waals surface area contributed by atoms with Crippen molar-refractivity contribution in [3.8, 4) is 11.4 Å². The van der Waals surface area contributed by atoms with Crippen LogP contribution in [0.5, 0.6) is 0 Å². The standard InChI is InChI=1S/C13H12N2/c1-3-11-8-14-13(15-9-11)12-6-4-10(2)5-7-12/h3-9H,1H2,2H3. The first-order valence-corrected chi connectivity index (χ1v) is 4.81. The van der Waals surface area contributed by atoms with Crippen LogP contribution in [0.2, 0.25) is 0 Å². The summed E-state index contributed by atoms with van der Waals surface area (Å²) in [6.07, 6.45) is 5.28. The normalized spacial score (nSPS) is 9.93. The maximum absolute atomic E-state index is 4.27. The number of aromatic nitrogens is 2. The van der Waals surface area contributed by atoms with Crippen LogP contribution >= 0.6 is 0 Å². The molecule has 1 aromatic heterocycles. The predicted octanol–water partition coefficient (Wildman–Crippen LogP) is 3.10. The van der Waals surface area contributed by atoms with Gasteiger partial charge in [0.2, 0.25) is 0 Å². The topological polar surface area (TPSA) is 25.8 Å². The summed E-state index contributed by atoms with van der Waals surface area (Å²) in [7, 11) is 0. The Labute approximate surface area is 89.3 Å². The van der Waals surface area contributed by atoms with Crippen LogP contribution in [-0.4, -0.2) is 9.97 Å². The summed E-state index contributed by atoms with van der Waals surface area (Å²) in [5.74, 6) is 0.751. The van der Waals surface area contributed by atoms with E-state index in [9.17, 15) is 0 Å². The minimum atomic E-state index is 0.751. The van der Waals surface area contributed by atoms with E-state index in [-0.39, 0.29) is 0 Å². The van der Waals surface area contributed by atoms with Crippen molar-refractivity contribution in [2.75, 3.05) is 0 Å². The Kier molecular flexibility index (Phi) is 2.59. The quantitative estimate of drug-likeness (QED) is 0.737. The fourth-order valence-electron chi connectivity index (χ4n) is 1.30. The lowest BCUT2D eigenvalue weighted by Gasteiger charge is -2.00. The van der Waals surface area contributed by atoms with Gasteiger partial charge in [-0.05, 0) is 6.92 Å². The molecule has 0 N–H and O–H groups in total. The van der Waals surface area contributed by atoms with Crippen LogP contribution in [-0.2, 0) is 0 Å². The van der Waals surface area contributed by atoms with Gasteiger partial charge >= 0.3 is 0 Å². The minimum Gasteiger partial charge on any atom is -0.236 e. The van der Waals surface area contributed by atoms with Gasteiger partial charge in [0.15, 0.2) is 5.82 Å². The summed E-state index contributed by atoms with van der Waals surface area (Å²) in [6.45, 7) is 5.73. The molecule has 15 heavy (non-hydrogen) atoms.